The van der Waals surface area contributed by atoms with E-state index < -0.39 is 0 Å². The molecule has 0 saturated heterocycles. The molecule has 0 radical (unpaired) electrons. The lowest BCUT2D eigenvalue weighted by Crippen LogP contribution is -2.32. The van der Waals surface area contributed by atoms with Gasteiger partial charge in [-0.05, 0) is 51.4 Å². The van der Waals surface area contributed by atoms with Crippen molar-refractivity contribution in [3.05, 3.63) is 0 Å². The van der Waals surface area contributed by atoms with E-state index in [9.17, 15) is 4.79 Å². The molecule has 0 spiro atoms. The molecule has 86 valence electrons. The molecule has 2 heteroatoms. The van der Waals surface area contributed by atoms with Crippen molar-refractivity contribution in [2.24, 2.45) is 17.8 Å². The maximum Gasteiger partial charge on any atom is 0.309 e. The molecule has 15 heavy (non-hydrogen) atoms. The van der Waals surface area contributed by atoms with Crippen molar-refractivity contribution >= 4 is 5.97 Å². The molecule has 0 N–H and O–H groups in total. The Morgan fingerprint density at radius 1 is 1.33 bits per heavy atom. The van der Waals surface area contributed by atoms with E-state index >= 15 is 0 Å². The number of carbonyl (C=O) groups excluding carboxylic acids is 1. The molecule has 3 atom stereocenters. The van der Waals surface area contributed by atoms with Crippen LogP contribution in [-0.4, -0.2) is 11.6 Å². The van der Waals surface area contributed by atoms with Gasteiger partial charge < -0.3 is 4.74 Å². The number of hydrogen-bond acceptors (Lipinski definition) is 2. The second kappa shape index (κ2) is 3.80. The van der Waals surface area contributed by atoms with E-state index in [0.717, 1.165) is 18.8 Å². The van der Waals surface area contributed by atoms with Crippen molar-refractivity contribution in [2.75, 3.05) is 0 Å². The van der Waals surface area contributed by atoms with Crippen molar-refractivity contribution in [1.82, 2.24) is 0 Å². The second-order valence-electron chi connectivity index (χ2n) is 5.82. The topological polar surface area (TPSA) is 26.3 Å². The van der Waals surface area contributed by atoms with E-state index in [0.29, 0.717) is 5.92 Å². The van der Waals surface area contributed by atoms with Gasteiger partial charge in [0, 0.05) is 0 Å². The monoisotopic (exact) mass is 210 g/mol. The molecule has 2 aliphatic carbocycles. The normalized spacial score (nSPS) is 34.5. The molecule has 0 amide bonds. The van der Waals surface area contributed by atoms with E-state index in [1.807, 2.05) is 13.8 Å². The predicted octanol–water partition coefficient (Wildman–Crippen LogP) is 3.15. The highest BCUT2D eigenvalue weighted by Crippen LogP contribution is 2.49. The zero-order chi connectivity index (χ0) is 11.1. The SMILES string of the molecule is CCC(C)(C)OC(=O)C1CC2CCC1C2. The maximum atomic E-state index is 12.0. The molecule has 0 aromatic rings. The summed E-state index contributed by atoms with van der Waals surface area (Å²) in [5.41, 5.74) is -0.279. The Morgan fingerprint density at radius 3 is 2.53 bits per heavy atom. The van der Waals surface area contributed by atoms with Crippen LogP contribution in [0, 0.1) is 17.8 Å². The lowest BCUT2D eigenvalue weighted by atomic mass is 9.89. The predicted molar refractivity (Wildman–Crippen MR) is 59.4 cm³/mol. The molecule has 0 aliphatic heterocycles. The molecule has 3 unspecified atom stereocenters. The first-order valence-corrected chi connectivity index (χ1v) is 6.24. The Morgan fingerprint density at radius 2 is 2.07 bits per heavy atom. The summed E-state index contributed by atoms with van der Waals surface area (Å²) in [5, 5.41) is 0. The van der Waals surface area contributed by atoms with Crippen LogP contribution in [0.1, 0.15) is 52.9 Å². The number of hydrogen-bond donors (Lipinski definition) is 0. The summed E-state index contributed by atoms with van der Waals surface area (Å²) in [7, 11) is 0. The quantitative estimate of drug-likeness (QED) is 0.669. The van der Waals surface area contributed by atoms with Crippen molar-refractivity contribution < 1.29 is 9.53 Å². The minimum Gasteiger partial charge on any atom is -0.459 e. The van der Waals surface area contributed by atoms with E-state index in [2.05, 4.69) is 6.92 Å². The van der Waals surface area contributed by atoms with Crippen molar-refractivity contribution in [2.45, 2.75) is 58.5 Å². The summed E-state index contributed by atoms with van der Waals surface area (Å²) in [6.07, 6.45) is 5.83. The third-order valence-corrected chi connectivity index (χ3v) is 4.27. The fourth-order valence-electron chi connectivity index (χ4n) is 2.95. The average molecular weight is 210 g/mol. The van der Waals surface area contributed by atoms with Crippen LogP contribution < -0.4 is 0 Å². The van der Waals surface area contributed by atoms with Gasteiger partial charge in [0.1, 0.15) is 5.60 Å². The highest BCUT2D eigenvalue weighted by atomic mass is 16.6. The van der Waals surface area contributed by atoms with Gasteiger partial charge in [-0.2, -0.15) is 0 Å². The zero-order valence-corrected chi connectivity index (χ0v) is 10.1. The highest BCUT2D eigenvalue weighted by molar-refractivity contribution is 5.73. The minimum atomic E-state index is -0.279. The molecule has 2 rings (SSSR count). The third kappa shape index (κ3) is 2.19. The Kier molecular flexibility index (Phi) is 2.78. The molecule has 2 fully saturated rings. The number of esters is 1. The molecule has 2 saturated carbocycles. The summed E-state index contributed by atoms with van der Waals surface area (Å²) < 4.78 is 5.58. The summed E-state index contributed by atoms with van der Waals surface area (Å²) in [6, 6.07) is 0. The van der Waals surface area contributed by atoms with Gasteiger partial charge in [0.2, 0.25) is 0 Å². The van der Waals surface area contributed by atoms with Gasteiger partial charge >= 0.3 is 5.97 Å². The minimum absolute atomic E-state index is 0.0639. The average Bonchev–Trinajstić information content (AvgIpc) is 2.78. The van der Waals surface area contributed by atoms with E-state index in [4.69, 9.17) is 4.74 Å². The van der Waals surface area contributed by atoms with E-state index in [-0.39, 0.29) is 17.5 Å². The summed E-state index contributed by atoms with van der Waals surface area (Å²) in [6.45, 7) is 6.06. The summed E-state index contributed by atoms with van der Waals surface area (Å²) in [4.78, 5) is 12.0. The Bertz CT molecular complexity index is 257. The van der Waals surface area contributed by atoms with E-state index in [1.54, 1.807) is 0 Å². The van der Waals surface area contributed by atoms with Crippen LogP contribution in [0.15, 0.2) is 0 Å². The second-order valence-corrected chi connectivity index (χ2v) is 5.82. The highest BCUT2D eigenvalue weighted by Gasteiger charge is 2.44. The van der Waals surface area contributed by atoms with Gasteiger partial charge in [0.15, 0.2) is 0 Å². The maximum absolute atomic E-state index is 12.0. The smallest absolute Gasteiger partial charge is 0.309 e. The molecular weight excluding hydrogens is 188 g/mol. The Balaban J connectivity index is 1.92. The third-order valence-electron chi connectivity index (χ3n) is 4.27. The molecule has 0 aromatic heterocycles. The Hall–Kier alpha value is -0.530. The largest absolute Gasteiger partial charge is 0.459 e. The van der Waals surface area contributed by atoms with Gasteiger partial charge in [-0.1, -0.05) is 13.3 Å². The molecule has 2 nitrogen and oxygen atoms in total. The summed E-state index contributed by atoms with van der Waals surface area (Å²) in [5.74, 6) is 1.73. The molecule has 2 aliphatic rings. The molecule has 0 heterocycles. The number of fused-ring (bicyclic) bond motifs is 2. The van der Waals surface area contributed by atoms with Crippen LogP contribution >= 0.6 is 0 Å². The lowest BCUT2D eigenvalue weighted by molar-refractivity contribution is -0.163. The van der Waals surface area contributed by atoms with Crippen LogP contribution in [0.5, 0.6) is 0 Å². The first-order chi connectivity index (χ1) is 7.02. The van der Waals surface area contributed by atoms with Gasteiger partial charge in [0.05, 0.1) is 5.92 Å². The van der Waals surface area contributed by atoms with Gasteiger partial charge in [-0.25, -0.2) is 0 Å². The number of rotatable bonds is 3. The van der Waals surface area contributed by atoms with Crippen molar-refractivity contribution in [3.63, 3.8) is 0 Å². The molecule has 2 bridgehead atoms. The standard InChI is InChI=1S/C13H22O2/c1-4-13(2,3)15-12(14)11-8-9-5-6-10(11)7-9/h9-11H,4-8H2,1-3H3. The van der Waals surface area contributed by atoms with Crippen LogP contribution in [0.2, 0.25) is 0 Å². The van der Waals surface area contributed by atoms with Crippen molar-refractivity contribution in [3.8, 4) is 0 Å². The van der Waals surface area contributed by atoms with Crippen LogP contribution in [0.3, 0.4) is 0 Å². The fourth-order valence-corrected chi connectivity index (χ4v) is 2.95. The van der Waals surface area contributed by atoms with E-state index in [1.165, 1.54) is 19.3 Å². The zero-order valence-electron chi connectivity index (χ0n) is 10.1. The molecular formula is C13H22O2. The Labute approximate surface area is 92.4 Å². The lowest BCUT2D eigenvalue weighted by Gasteiger charge is -2.28. The van der Waals surface area contributed by atoms with Crippen LogP contribution in [0.25, 0.3) is 0 Å². The van der Waals surface area contributed by atoms with Crippen molar-refractivity contribution in [1.29, 1.82) is 0 Å². The first kappa shape index (κ1) is 11.0. The van der Waals surface area contributed by atoms with Gasteiger partial charge in [0.25, 0.3) is 0 Å². The number of ether oxygens (including phenoxy) is 1. The van der Waals surface area contributed by atoms with Crippen LogP contribution in [0.4, 0.5) is 0 Å². The van der Waals surface area contributed by atoms with Gasteiger partial charge in [-0.15, -0.1) is 0 Å². The summed E-state index contributed by atoms with van der Waals surface area (Å²) >= 11 is 0. The fraction of sp³-hybridized carbons (Fsp3) is 0.923. The van der Waals surface area contributed by atoms with Crippen LogP contribution in [-0.2, 0) is 9.53 Å². The first-order valence-electron chi connectivity index (χ1n) is 6.24. The van der Waals surface area contributed by atoms with Gasteiger partial charge in [-0.3, -0.25) is 4.79 Å². The molecule has 0 aromatic carbocycles. The number of carbonyl (C=O) groups is 1.